The van der Waals surface area contributed by atoms with E-state index < -0.39 is 0 Å². The summed E-state index contributed by atoms with van der Waals surface area (Å²) in [6.07, 6.45) is 8.90. The summed E-state index contributed by atoms with van der Waals surface area (Å²) >= 11 is 2.02. The lowest BCUT2D eigenvalue weighted by Gasteiger charge is -2.31. The van der Waals surface area contributed by atoms with Crippen molar-refractivity contribution in [2.75, 3.05) is 19.3 Å². The van der Waals surface area contributed by atoms with Gasteiger partial charge in [-0.25, -0.2) is 0 Å². The van der Waals surface area contributed by atoms with Crippen molar-refractivity contribution in [1.29, 1.82) is 0 Å². The predicted molar refractivity (Wildman–Crippen MR) is 61.2 cm³/mol. The molecular formula is C10H22N2S. The minimum absolute atomic E-state index is 0.746. The lowest BCUT2D eigenvalue weighted by Crippen LogP contribution is -2.41. The molecule has 2 nitrogen and oxygen atoms in total. The quantitative estimate of drug-likeness (QED) is 0.665. The Bertz CT molecular complexity index is 130. The maximum Gasteiger partial charge on any atom is 0.0198 e. The normalized spacial score (nSPS) is 29.1. The summed E-state index contributed by atoms with van der Waals surface area (Å²) < 4.78 is 0. The number of hydrogen-bond acceptors (Lipinski definition) is 3. The van der Waals surface area contributed by atoms with E-state index in [1.54, 1.807) is 0 Å². The van der Waals surface area contributed by atoms with E-state index in [-0.39, 0.29) is 0 Å². The molecule has 0 saturated heterocycles. The molecule has 2 unspecified atom stereocenters. The first kappa shape index (κ1) is 11.3. The van der Waals surface area contributed by atoms with E-state index in [0.717, 1.165) is 30.8 Å². The third kappa shape index (κ3) is 3.88. The Kier molecular flexibility index (Phi) is 5.83. The van der Waals surface area contributed by atoms with E-state index >= 15 is 0 Å². The van der Waals surface area contributed by atoms with E-state index in [1.165, 1.54) is 25.7 Å². The molecule has 3 N–H and O–H groups in total. The molecule has 1 fully saturated rings. The largest absolute Gasteiger partial charge is 0.330 e. The number of rotatable bonds is 5. The minimum atomic E-state index is 0.746. The van der Waals surface area contributed by atoms with E-state index in [0.29, 0.717) is 0 Å². The molecule has 0 radical (unpaired) electrons. The van der Waals surface area contributed by atoms with Gasteiger partial charge in [0.15, 0.2) is 0 Å². The average molecular weight is 202 g/mol. The zero-order valence-corrected chi connectivity index (χ0v) is 9.41. The molecule has 1 aliphatic rings. The van der Waals surface area contributed by atoms with Crippen LogP contribution in [0.2, 0.25) is 0 Å². The van der Waals surface area contributed by atoms with Gasteiger partial charge in [-0.3, -0.25) is 0 Å². The maximum atomic E-state index is 5.47. The fourth-order valence-corrected chi connectivity index (χ4v) is 2.97. The fourth-order valence-electron chi connectivity index (χ4n) is 2.00. The summed E-state index contributed by atoms with van der Waals surface area (Å²) in [5.74, 6) is 0. The molecule has 0 amide bonds. The van der Waals surface area contributed by atoms with Gasteiger partial charge >= 0.3 is 0 Å². The second-order valence-corrected chi connectivity index (χ2v) is 4.84. The number of hydrogen-bond donors (Lipinski definition) is 2. The molecule has 1 aliphatic carbocycles. The topological polar surface area (TPSA) is 38.0 Å². The Morgan fingerprint density at radius 1 is 1.38 bits per heavy atom. The Morgan fingerprint density at radius 2 is 2.15 bits per heavy atom. The summed E-state index contributed by atoms with van der Waals surface area (Å²) in [4.78, 5) is 0. The molecule has 1 rings (SSSR count). The monoisotopic (exact) mass is 202 g/mol. The molecule has 0 aliphatic heterocycles. The smallest absolute Gasteiger partial charge is 0.0198 e. The SMILES string of the molecule is CSC1CCCCC1NCCCN. The van der Waals surface area contributed by atoms with Gasteiger partial charge in [-0.05, 0) is 38.6 Å². The Morgan fingerprint density at radius 3 is 2.85 bits per heavy atom. The molecule has 0 bridgehead atoms. The van der Waals surface area contributed by atoms with Crippen molar-refractivity contribution in [2.45, 2.75) is 43.4 Å². The van der Waals surface area contributed by atoms with Crippen LogP contribution in [0.25, 0.3) is 0 Å². The average Bonchev–Trinajstić information content (AvgIpc) is 2.19. The second-order valence-electron chi connectivity index (χ2n) is 3.76. The molecule has 3 heteroatoms. The summed E-state index contributed by atoms with van der Waals surface area (Å²) in [6, 6.07) is 0.746. The van der Waals surface area contributed by atoms with Gasteiger partial charge in [0.25, 0.3) is 0 Å². The van der Waals surface area contributed by atoms with Crippen LogP contribution in [0.1, 0.15) is 32.1 Å². The molecule has 78 valence electrons. The van der Waals surface area contributed by atoms with Crippen LogP contribution < -0.4 is 11.1 Å². The first-order chi connectivity index (χ1) is 6.38. The molecule has 0 aromatic heterocycles. The second kappa shape index (κ2) is 6.68. The van der Waals surface area contributed by atoms with Crippen LogP contribution in [0.5, 0.6) is 0 Å². The van der Waals surface area contributed by atoms with Gasteiger partial charge in [0.2, 0.25) is 0 Å². The van der Waals surface area contributed by atoms with Crippen molar-refractivity contribution in [3.8, 4) is 0 Å². The fraction of sp³-hybridized carbons (Fsp3) is 1.00. The van der Waals surface area contributed by atoms with Crippen LogP contribution in [0.3, 0.4) is 0 Å². The highest BCUT2D eigenvalue weighted by Gasteiger charge is 2.23. The lowest BCUT2D eigenvalue weighted by molar-refractivity contribution is 0.383. The number of nitrogens with one attached hydrogen (secondary N) is 1. The molecule has 2 atom stereocenters. The highest BCUT2D eigenvalue weighted by atomic mass is 32.2. The van der Waals surface area contributed by atoms with Gasteiger partial charge < -0.3 is 11.1 Å². The zero-order valence-electron chi connectivity index (χ0n) is 8.59. The van der Waals surface area contributed by atoms with Crippen LogP contribution in [-0.2, 0) is 0 Å². The Balaban J connectivity index is 2.19. The molecule has 0 spiro atoms. The van der Waals surface area contributed by atoms with Crippen molar-refractivity contribution < 1.29 is 0 Å². The summed E-state index contributed by atoms with van der Waals surface area (Å²) in [5.41, 5.74) is 5.47. The van der Waals surface area contributed by atoms with E-state index in [1.807, 2.05) is 11.8 Å². The predicted octanol–water partition coefficient (Wildman–Crippen LogP) is 1.60. The van der Waals surface area contributed by atoms with Gasteiger partial charge in [-0.15, -0.1) is 0 Å². The van der Waals surface area contributed by atoms with Crippen LogP contribution >= 0.6 is 11.8 Å². The van der Waals surface area contributed by atoms with Gasteiger partial charge in [0.1, 0.15) is 0 Å². The highest BCUT2D eigenvalue weighted by molar-refractivity contribution is 7.99. The summed E-state index contributed by atoms with van der Waals surface area (Å²) in [7, 11) is 0. The maximum absolute atomic E-state index is 5.47. The van der Waals surface area contributed by atoms with Crippen molar-refractivity contribution >= 4 is 11.8 Å². The molecule has 0 aromatic rings. The summed E-state index contributed by atoms with van der Waals surface area (Å²) in [5, 5.41) is 4.46. The van der Waals surface area contributed by atoms with E-state index in [4.69, 9.17) is 5.73 Å². The van der Waals surface area contributed by atoms with E-state index in [2.05, 4.69) is 11.6 Å². The Labute approximate surface area is 86.0 Å². The molecule has 0 heterocycles. The molecule has 0 aromatic carbocycles. The lowest BCUT2D eigenvalue weighted by atomic mass is 9.95. The zero-order chi connectivity index (χ0) is 9.52. The minimum Gasteiger partial charge on any atom is -0.330 e. The molecular weight excluding hydrogens is 180 g/mol. The van der Waals surface area contributed by atoms with Crippen LogP contribution in [0.4, 0.5) is 0 Å². The Hall–Kier alpha value is 0.270. The van der Waals surface area contributed by atoms with Crippen molar-refractivity contribution in [1.82, 2.24) is 5.32 Å². The molecule has 1 saturated carbocycles. The number of thioether (sulfide) groups is 1. The number of nitrogens with two attached hydrogens (primary N) is 1. The molecule has 13 heavy (non-hydrogen) atoms. The van der Waals surface area contributed by atoms with Gasteiger partial charge in [0, 0.05) is 11.3 Å². The van der Waals surface area contributed by atoms with Crippen molar-refractivity contribution in [3.63, 3.8) is 0 Å². The standard InChI is InChI=1S/C10H22N2S/c1-13-10-6-3-2-5-9(10)12-8-4-7-11/h9-10,12H,2-8,11H2,1H3. The summed E-state index contributed by atoms with van der Waals surface area (Å²) in [6.45, 7) is 1.90. The van der Waals surface area contributed by atoms with Crippen molar-refractivity contribution in [3.05, 3.63) is 0 Å². The van der Waals surface area contributed by atoms with Crippen LogP contribution in [0.15, 0.2) is 0 Å². The first-order valence-corrected chi connectivity index (χ1v) is 6.63. The van der Waals surface area contributed by atoms with Crippen LogP contribution in [-0.4, -0.2) is 30.6 Å². The third-order valence-corrected chi connectivity index (χ3v) is 3.96. The third-order valence-electron chi connectivity index (χ3n) is 2.79. The highest BCUT2D eigenvalue weighted by Crippen LogP contribution is 2.26. The van der Waals surface area contributed by atoms with Gasteiger partial charge in [-0.2, -0.15) is 11.8 Å². The van der Waals surface area contributed by atoms with Crippen molar-refractivity contribution in [2.24, 2.45) is 5.73 Å². The van der Waals surface area contributed by atoms with Gasteiger partial charge in [-0.1, -0.05) is 12.8 Å². The van der Waals surface area contributed by atoms with E-state index in [9.17, 15) is 0 Å². The van der Waals surface area contributed by atoms with Gasteiger partial charge in [0.05, 0.1) is 0 Å². The van der Waals surface area contributed by atoms with Crippen LogP contribution in [0, 0.1) is 0 Å². The first-order valence-electron chi connectivity index (χ1n) is 5.34.